The van der Waals surface area contributed by atoms with Crippen molar-refractivity contribution in [3.05, 3.63) is 50.6 Å². The summed E-state index contributed by atoms with van der Waals surface area (Å²) in [7, 11) is -0.913. The van der Waals surface area contributed by atoms with Gasteiger partial charge in [0.2, 0.25) is 0 Å². The second-order valence-corrected chi connectivity index (χ2v) is 9.61. The van der Waals surface area contributed by atoms with E-state index < -0.39 is 16.2 Å². The number of hydrogen-bond donors (Lipinski definition) is 0. The molecule has 0 amide bonds. The van der Waals surface area contributed by atoms with Crippen LogP contribution in [0.25, 0.3) is 11.6 Å². The summed E-state index contributed by atoms with van der Waals surface area (Å²) in [5.74, 6) is 0.961. The van der Waals surface area contributed by atoms with Crippen LogP contribution in [0.2, 0.25) is 5.02 Å². The van der Waals surface area contributed by atoms with E-state index in [1.807, 2.05) is 6.92 Å². The predicted octanol–water partition coefficient (Wildman–Crippen LogP) is 4.25. The van der Waals surface area contributed by atoms with Gasteiger partial charge in [0.25, 0.3) is 5.89 Å². The molecule has 2 heterocycles. The van der Waals surface area contributed by atoms with Gasteiger partial charge in [0.05, 0.1) is 12.0 Å². The molecular formula is C18H17BrClFN4O2S. The average Bonchev–Trinajstić information content (AvgIpc) is 3.19. The van der Waals surface area contributed by atoms with Gasteiger partial charge in [-0.1, -0.05) is 22.8 Å². The lowest BCUT2D eigenvalue weighted by molar-refractivity contribution is 0.416. The van der Waals surface area contributed by atoms with Crippen LogP contribution >= 0.6 is 27.5 Å². The first-order chi connectivity index (χ1) is 13.3. The predicted molar refractivity (Wildman–Crippen MR) is 108 cm³/mol. The summed E-state index contributed by atoms with van der Waals surface area (Å²) in [6, 6.07) is 4.38. The highest BCUT2D eigenvalue weighted by atomic mass is 79.9. The van der Waals surface area contributed by atoms with E-state index in [4.69, 9.17) is 16.1 Å². The highest BCUT2D eigenvalue weighted by molar-refractivity contribution is 9.10. The Labute approximate surface area is 177 Å². The zero-order valence-corrected chi connectivity index (χ0v) is 18.4. The molecule has 4 rings (SSSR count). The lowest BCUT2D eigenvalue weighted by atomic mass is 9.95. The van der Waals surface area contributed by atoms with Crippen molar-refractivity contribution in [1.29, 1.82) is 0 Å². The van der Waals surface area contributed by atoms with E-state index in [1.165, 1.54) is 12.1 Å². The molecule has 1 atom stereocenters. The van der Waals surface area contributed by atoms with E-state index in [0.717, 1.165) is 28.6 Å². The van der Waals surface area contributed by atoms with Crippen molar-refractivity contribution in [1.82, 2.24) is 19.9 Å². The first-order valence-corrected chi connectivity index (χ1v) is 11.5. The van der Waals surface area contributed by atoms with Crippen LogP contribution in [-0.2, 0) is 22.8 Å². The molecule has 1 aromatic carbocycles. The normalized spacial score (nSPS) is 16.3. The SMILES string of the molecule is Cc1c(-c2nc(C3(c4ccc(F)cc4Cl)CC3)no2)nn(CCS(C)=O)c1Br. The highest BCUT2D eigenvalue weighted by Crippen LogP contribution is 2.54. The topological polar surface area (TPSA) is 73.8 Å². The summed E-state index contributed by atoms with van der Waals surface area (Å²) < 4.78 is 32.8. The van der Waals surface area contributed by atoms with Gasteiger partial charge in [-0.05, 0) is 53.4 Å². The minimum absolute atomic E-state index is 0.314. The Balaban J connectivity index is 1.67. The van der Waals surface area contributed by atoms with Gasteiger partial charge in [0.1, 0.15) is 10.4 Å². The van der Waals surface area contributed by atoms with Crippen molar-refractivity contribution in [3.8, 4) is 11.6 Å². The quantitative estimate of drug-likeness (QED) is 0.519. The smallest absolute Gasteiger partial charge is 0.278 e. The second-order valence-electron chi connectivity index (χ2n) is 6.89. The Morgan fingerprint density at radius 1 is 1.43 bits per heavy atom. The fourth-order valence-corrected chi connectivity index (χ4v) is 4.45. The van der Waals surface area contributed by atoms with Gasteiger partial charge in [-0.25, -0.2) is 4.39 Å². The summed E-state index contributed by atoms with van der Waals surface area (Å²) in [5.41, 5.74) is 1.80. The van der Waals surface area contributed by atoms with Crippen molar-refractivity contribution in [2.75, 3.05) is 12.0 Å². The van der Waals surface area contributed by atoms with Crippen LogP contribution in [-0.4, -0.2) is 36.1 Å². The van der Waals surface area contributed by atoms with Crippen molar-refractivity contribution < 1.29 is 13.1 Å². The van der Waals surface area contributed by atoms with Gasteiger partial charge < -0.3 is 4.52 Å². The molecule has 1 fully saturated rings. The van der Waals surface area contributed by atoms with E-state index in [0.29, 0.717) is 34.7 Å². The molecule has 148 valence electrons. The van der Waals surface area contributed by atoms with E-state index in [9.17, 15) is 8.60 Å². The Hall–Kier alpha value is -1.58. The third-order valence-electron chi connectivity index (χ3n) is 4.96. The van der Waals surface area contributed by atoms with E-state index in [2.05, 4.69) is 31.2 Å². The molecule has 1 aliphatic carbocycles. The Kier molecular flexibility index (Phi) is 5.18. The van der Waals surface area contributed by atoms with Gasteiger partial charge in [-0.15, -0.1) is 0 Å². The monoisotopic (exact) mass is 486 g/mol. The highest BCUT2D eigenvalue weighted by Gasteiger charge is 2.51. The molecule has 0 bridgehead atoms. The van der Waals surface area contributed by atoms with Crippen LogP contribution < -0.4 is 0 Å². The molecule has 0 N–H and O–H groups in total. The van der Waals surface area contributed by atoms with E-state index >= 15 is 0 Å². The molecule has 0 aliphatic heterocycles. The minimum Gasteiger partial charge on any atom is -0.332 e. The van der Waals surface area contributed by atoms with Crippen LogP contribution in [0, 0.1) is 12.7 Å². The maximum absolute atomic E-state index is 13.4. The Morgan fingerprint density at radius 3 is 2.82 bits per heavy atom. The summed E-state index contributed by atoms with van der Waals surface area (Å²) in [4.78, 5) is 4.58. The lowest BCUT2D eigenvalue weighted by Crippen LogP contribution is -2.11. The summed E-state index contributed by atoms with van der Waals surface area (Å²) in [5, 5.41) is 9.06. The average molecular weight is 488 g/mol. The van der Waals surface area contributed by atoms with Crippen LogP contribution in [0.1, 0.15) is 29.8 Å². The molecule has 6 nitrogen and oxygen atoms in total. The van der Waals surface area contributed by atoms with E-state index in [1.54, 1.807) is 17.0 Å². The molecule has 1 unspecified atom stereocenters. The second kappa shape index (κ2) is 7.35. The van der Waals surface area contributed by atoms with Crippen molar-refractivity contribution in [2.24, 2.45) is 0 Å². The lowest BCUT2D eigenvalue weighted by Gasteiger charge is -2.12. The molecule has 28 heavy (non-hydrogen) atoms. The number of nitrogens with zero attached hydrogens (tertiary/aromatic N) is 4. The molecule has 10 heteroatoms. The Morgan fingerprint density at radius 2 is 2.18 bits per heavy atom. The number of benzene rings is 1. The zero-order chi connectivity index (χ0) is 20.1. The van der Waals surface area contributed by atoms with Crippen LogP contribution in [0.5, 0.6) is 0 Å². The minimum atomic E-state index is -0.913. The molecule has 1 saturated carbocycles. The van der Waals surface area contributed by atoms with E-state index in [-0.39, 0.29) is 5.82 Å². The molecule has 0 spiro atoms. The van der Waals surface area contributed by atoms with Gasteiger partial charge in [0, 0.05) is 33.4 Å². The van der Waals surface area contributed by atoms with Crippen molar-refractivity contribution in [2.45, 2.75) is 31.7 Å². The fourth-order valence-electron chi connectivity index (χ4n) is 3.23. The molecular weight excluding hydrogens is 471 g/mol. The number of halogens is 3. The van der Waals surface area contributed by atoms with Crippen molar-refractivity contribution in [3.63, 3.8) is 0 Å². The third-order valence-corrected chi connectivity index (χ3v) is 7.03. The maximum atomic E-state index is 13.4. The van der Waals surface area contributed by atoms with Gasteiger partial charge in [-0.2, -0.15) is 10.1 Å². The summed E-state index contributed by atoms with van der Waals surface area (Å²) in [6.07, 6.45) is 3.29. The maximum Gasteiger partial charge on any atom is 0.278 e. The van der Waals surface area contributed by atoms with Gasteiger partial charge >= 0.3 is 0 Å². The molecule has 3 aromatic rings. The molecule has 2 aromatic heterocycles. The first-order valence-electron chi connectivity index (χ1n) is 8.65. The molecule has 0 saturated heterocycles. The summed E-state index contributed by atoms with van der Waals surface area (Å²) in [6.45, 7) is 2.42. The Bertz CT molecular complexity index is 1080. The summed E-state index contributed by atoms with van der Waals surface area (Å²) >= 11 is 9.78. The van der Waals surface area contributed by atoms with Crippen LogP contribution in [0.15, 0.2) is 27.3 Å². The number of rotatable bonds is 6. The molecule has 0 radical (unpaired) electrons. The van der Waals surface area contributed by atoms with Gasteiger partial charge in [0.15, 0.2) is 11.5 Å². The number of aromatic nitrogens is 4. The number of aryl methyl sites for hydroxylation is 1. The van der Waals surface area contributed by atoms with Crippen LogP contribution in [0.3, 0.4) is 0 Å². The number of hydrogen-bond acceptors (Lipinski definition) is 5. The first kappa shape index (κ1) is 19.7. The largest absolute Gasteiger partial charge is 0.332 e. The fraction of sp³-hybridized carbons (Fsp3) is 0.389. The van der Waals surface area contributed by atoms with Crippen LogP contribution in [0.4, 0.5) is 4.39 Å². The van der Waals surface area contributed by atoms with Crippen molar-refractivity contribution >= 4 is 38.3 Å². The standard InChI is InChI=1S/C18H17BrClFN4O2S/c1-10-14(23-25(15(10)19)7-8-28(2)26)16-22-17(24-27-16)18(5-6-18)12-4-3-11(21)9-13(12)20/h3-4,9H,5-8H2,1-2H3. The zero-order valence-electron chi connectivity index (χ0n) is 15.2. The third kappa shape index (κ3) is 3.44. The molecule has 1 aliphatic rings. The van der Waals surface area contributed by atoms with Gasteiger partial charge in [-0.3, -0.25) is 8.89 Å².